The van der Waals surface area contributed by atoms with Crippen LogP contribution in [0.5, 0.6) is 17.2 Å². The molecular formula is C21H25NO4. The van der Waals surface area contributed by atoms with E-state index in [0.29, 0.717) is 36.6 Å². The lowest BCUT2D eigenvalue weighted by atomic mass is 10.1. The zero-order chi connectivity index (χ0) is 18.8. The van der Waals surface area contributed by atoms with Crippen LogP contribution in [0.2, 0.25) is 0 Å². The lowest BCUT2D eigenvalue weighted by Crippen LogP contribution is -2.30. The van der Waals surface area contributed by atoms with Gasteiger partial charge in [0.25, 0.3) is 5.91 Å². The molecule has 0 heterocycles. The number of carbonyl (C=O) groups excluding carboxylic acids is 1. The summed E-state index contributed by atoms with van der Waals surface area (Å²) in [5, 5.41) is 2.86. The first-order chi connectivity index (χ1) is 12.7. The minimum absolute atomic E-state index is 0.0138. The van der Waals surface area contributed by atoms with Crippen LogP contribution in [0.3, 0.4) is 0 Å². The van der Waals surface area contributed by atoms with Gasteiger partial charge in [-0.1, -0.05) is 30.3 Å². The average Bonchev–Trinajstić information content (AvgIpc) is 2.67. The second-order valence-corrected chi connectivity index (χ2v) is 5.68. The Morgan fingerprint density at radius 2 is 1.85 bits per heavy atom. The van der Waals surface area contributed by atoms with Crippen molar-refractivity contribution in [1.29, 1.82) is 0 Å². The van der Waals surface area contributed by atoms with Gasteiger partial charge < -0.3 is 19.5 Å². The first-order valence-corrected chi connectivity index (χ1v) is 8.47. The molecule has 5 nitrogen and oxygen atoms in total. The van der Waals surface area contributed by atoms with Crippen molar-refractivity contribution in [1.82, 2.24) is 5.32 Å². The first kappa shape index (κ1) is 19.4. The van der Waals surface area contributed by atoms with Crippen LogP contribution in [-0.2, 0) is 17.6 Å². The number of benzene rings is 2. The first-order valence-electron chi connectivity index (χ1n) is 8.47. The molecule has 0 spiro atoms. The highest BCUT2D eigenvalue weighted by Gasteiger charge is 2.07. The van der Waals surface area contributed by atoms with Gasteiger partial charge in [0.2, 0.25) is 0 Å². The molecule has 0 saturated carbocycles. The average molecular weight is 355 g/mol. The van der Waals surface area contributed by atoms with Gasteiger partial charge in [-0.25, -0.2) is 0 Å². The second kappa shape index (κ2) is 10.1. The van der Waals surface area contributed by atoms with E-state index in [-0.39, 0.29) is 12.5 Å². The number of methoxy groups -OCH3 is 2. The van der Waals surface area contributed by atoms with E-state index in [1.807, 2.05) is 48.5 Å². The molecule has 0 bridgehead atoms. The van der Waals surface area contributed by atoms with Crippen molar-refractivity contribution in [3.05, 3.63) is 66.2 Å². The van der Waals surface area contributed by atoms with Crippen LogP contribution in [0.1, 0.15) is 11.1 Å². The Balaban J connectivity index is 1.80. The number of hydrogen-bond donors (Lipinski definition) is 1. The third-order valence-electron chi connectivity index (χ3n) is 3.88. The van der Waals surface area contributed by atoms with E-state index in [1.165, 1.54) is 0 Å². The molecule has 138 valence electrons. The summed E-state index contributed by atoms with van der Waals surface area (Å²) in [6.07, 6.45) is 3.21. The number of hydrogen-bond acceptors (Lipinski definition) is 4. The van der Waals surface area contributed by atoms with Crippen LogP contribution in [-0.4, -0.2) is 33.3 Å². The van der Waals surface area contributed by atoms with Crippen molar-refractivity contribution in [2.24, 2.45) is 0 Å². The number of ether oxygens (including phenoxy) is 3. The molecule has 0 radical (unpaired) electrons. The molecule has 1 amide bonds. The van der Waals surface area contributed by atoms with Gasteiger partial charge >= 0.3 is 0 Å². The van der Waals surface area contributed by atoms with Gasteiger partial charge in [0, 0.05) is 6.54 Å². The zero-order valence-electron chi connectivity index (χ0n) is 15.3. The summed E-state index contributed by atoms with van der Waals surface area (Å²) < 4.78 is 16.1. The second-order valence-electron chi connectivity index (χ2n) is 5.68. The molecule has 5 heteroatoms. The van der Waals surface area contributed by atoms with Gasteiger partial charge in [0.15, 0.2) is 18.1 Å². The van der Waals surface area contributed by atoms with E-state index in [9.17, 15) is 4.79 Å². The summed E-state index contributed by atoms with van der Waals surface area (Å²) in [5.74, 6) is 1.92. The normalized spacial score (nSPS) is 10.1. The predicted octanol–water partition coefficient (Wildman–Crippen LogP) is 3.17. The number of nitrogens with one attached hydrogen (secondary N) is 1. The summed E-state index contributed by atoms with van der Waals surface area (Å²) in [7, 11) is 3.20. The SMILES string of the molecule is C=CCc1ccccc1OCC(=O)NCCc1ccc(OC)c(OC)c1. The van der Waals surface area contributed by atoms with E-state index in [0.717, 1.165) is 11.1 Å². The molecule has 2 aromatic rings. The van der Waals surface area contributed by atoms with Gasteiger partial charge in [0.05, 0.1) is 14.2 Å². The van der Waals surface area contributed by atoms with Gasteiger partial charge in [0.1, 0.15) is 5.75 Å². The van der Waals surface area contributed by atoms with E-state index in [1.54, 1.807) is 14.2 Å². The fourth-order valence-corrected chi connectivity index (χ4v) is 2.55. The van der Waals surface area contributed by atoms with Crippen molar-refractivity contribution in [2.75, 3.05) is 27.4 Å². The summed E-state index contributed by atoms with van der Waals surface area (Å²) in [6.45, 7) is 4.24. The van der Waals surface area contributed by atoms with Gasteiger partial charge in [-0.2, -0.15) is 0 Å². The Morgan fingerprint density at radius 1 is 1.08 bits per heavy atom. The molecule has 26 heavy (non-hydrogen) atoms. The van der Waals surface area contributed by atoms with Crippen molar-refractivity contribution in [3.63, 3.8) is 0 Å². The Bertz CT molecular complexity index is 743. The molecule has 0 saturated heterocycles. The summed E-state index contributed by atoms with van der Waals surface area (Å²) >= 11 is 0. The minimum atomic E-state index is -0.154. The largest absolute Gasteiger partial charge is 0.493 e. The molecule has 2 aromatic carbocycles. The maximum Gasteiger partial charge on any atom is 0.257 e. The molecule has 0 unspecified atom stereocenters. The number of rotatable bonds is 10. The molecule has 0 aliphatic carbocycles. The molecule has 1 N–H and O–H groups in total. The lowest BCUT2D eigenvalue weighted by molar-refractivity contribution is -0.123. The molecule has 0 fully saturated rings. The summed E-state index contributed by atoms with van der Waals surface area (Å²) in [6, 6.07) is 13.4. The Hall–Kier alpha value is -2.95. The molecule has 0 atom stereocenters. The van der Waals surface area contributed by atoms with Crippen molar-refractivity contribution < 1.29 is 19.0 Å². The molecule has 0 aliphatic rings. The van der Waals surface area contributed by atoms with Crippen molar-refractivity contribution in [2.45, 2.75) is 12.8 Å². The smallest absolute Gasteiger partial charge is 0.257 e. The number of para-hydroxylation sites is 1. The number of allylic oxidation sites excluding steroid dienone is 1. The maximum atomic E-state index is 12.0. The minimum Gasteiger partial charge on any atom is -0.493 e. The summed E-state index contributed by atoms with van der Waals surface area (Å²) in [4.78, 5) is 12.0. The zero-order valence-corrected chi connectivity index (χ0v) is 15.3. The van der Waals surface area contributed by atoms with Gasteiger partial charge in [-0.3, -0.25) is 4.79 Å². The Morgan fingerprint density at radius 3 is 2.58 bits per heavy atom. The van der Waals surface area contributed by atoms with Crippen LogP contribution in [0, 0.1) is 0 Å². The van der Waals surface area contributed by atoms with Crippen LogP contribution in [0.4, 0.5) is 0 Å². The van der Waals surface area contributed by atoms with Gasteiger partial charge in [-0.15, -0.1) is 6.58 Å². The van der Waals surface area contributed by atoms with Crippen molar-refractivity contribution >= 4 is 5.91 Å². The van der Waals surface area contributed by atoms with E-state index in [2.05, 4.69) is 11.9 Å². The topological polar surface area (TPSA) is 56.8 Å². The molecule has 0 aliphatic heterocycles. The number of carbonyl (C=O) groups is 1. The quantitative estimate of drug-likeness (QED) is 0.665. The standard InChI is InChI=1S/C21H25NO4/c1-4-7-17-8-5-6-9-18(17)26-15-21(23)22-13-12-16-10-11-19(24-2)20(14-16)25-3/h4-6,8-11,14H,1,7,12-13,15H2,2-3H3,(H,22,23). The van der Waals surface area contributed by atoms with Gasteiger partial charge in [-0.05, 0) is 42.2 Å². The fourth-order valence-electron chi connectivity index (χ4n) is 2.55. The maximum absolute atomic E-state index is 12.0. The highest BCUT2D eigenvalue weighted by molar-refractivity contribution is 5.77. The third-order valence-corrected chi connectivity index (χ3v) is 3.88. The van der Waals surface area contributed by atoms with E-state index >= 15 is 0 Å². The Labute approximate surface area is 154 Å². The van der Waals surface area contributed by atoms with Crippen molar-refractivity contribution in [3.8, 4) is 17.2 Å². The molecular weight excluding hydrogens is 330 g/mol. The van der Waals surface area contributed by atoms with Crippen LogP contribution < -0.4 is 19.5 Å². The third kappa shape index (κ3) is 5.55. The predicted molar refractivity (Wildman–Crippen MR) is 102 cm³/mol. The van der Waals surface area contributed by atoms with Crippen LogP contribution in [0.15, 0.2) is 55.1 Å². The highest BCUT2D eigenvalue weighted by Crippen LogP contribution is 2.27. The fraction of sp³-hybridized carbons (Fsp3) is 0.286. The van der Waals surface area contributed by atoms with E-state index in [4.69, 9.17) is 14.2 Å². The Kier molecular flexibility index (Phi) is 7.55. The summed E-state index contributed by atoms with van der Waals surface area (Å²) in [5.41, 5.74) is 2.07. The van der Waals surface area contributed by atoms with E-state index < -0.39 is 0 Å². The monoisotopic (exact) mass is 355 g/mol. The van der Waals surface area contributed by atoms with Crippen LogP contribution in [0.25, 0.3) is 0 Å². The van der Waals surface area contributed by atoms with Crippen LogP contribution >= 0.6 is 0 Å². The number of amides is 1. The lowest BCUT2D eigenvalue weighted by Gasteiger charge is -2.11. The highest BCUT2D eigenvalue weighted by atomic mass is 16.5. The molecule has 2 rings (SSSR count). The molecule has 0 aromatic heterocycles.